The molecule has 0 N–H and O–H groups in total. The average molecular weight is 879 g/mol. The molecule has 0 fully saturated rings. The van der Waals surface area contributed by atoms with E-state index in [0.29, 0.717) is 5.92 Å². The largest absolute Gasteiger partial charge is 0.135 e. The van der Waals surface area contributed by atoms with Gasteiger partial charge < -0.3 is 0 Å². The predicted octanol–water partition coefficient (Wildman–Crippen LogP) is 17.5. The summed E-state index contributed by atoms with van der Waals surface area (Å²) >= 11 is 1.95. The molecule has 0 radical (unpaired) electrons. The summed E-state index contributed by atoms with van der Waals surface area (Å²) < 4.78 is 1.34. The number of hydrogen-bond acceptors (Lipinski definition) is 1. The zero-order valence-electron chi connectivity index (χ0n) is 37.2. The van der Waals surface area contributed by atoms with Crippen molar-refractivity contribution >= 4 is 33.1 Å². The van der Waals surface area contributed by atoms with Crippen LogP contribution in [-0.4, -0.2) is 0 Å². The molecule has 1 heteroatoms. The Hall–Kier alpha value is -8.10. The van der Waals surface area contributed by atoms with Crippen molar-refractivity contribution in [1.82, 2.24) is 0 Å². The van der Waals surface area contributed by atoms with Gasteiger partial charge in [0, 0.05) is 15.5 Å². The molecule has 0 amide bonds. The van der Waals surface area contributed by atoms with E-state index in [1.165, 1.54) is 137 Å². The molecule has 4 aliphatic carbocycles. The van der Waals surface area contributed by atoms with Gasteiger partial charge in [-0.3, -0.25) is 0 Å². The van der Waals surface area contributed by atoms with Gasteiger partial charge in [-0.1, -0.05) is 212 Å². The summed E-state index contributed by atoms with van der Waals surface area (Å²) in [6.07, 6.45) is 3.34. The molecule has 0 nitrogen and oxygen atoms in total. The summed E-state index contributed by atoms with van der Waals surface area (Å²) in [4.78, 5) is 1.39. The third-order valence-corrected chi connectivity index (χ3v) is 16.9. The Balaban J connectivity index is 0.845. The van der Waals surface area contributed by atoms with Gasteiger partial charge in [-0.25, -0.2) is 0 Å². The summed E-state index contributed by atoms with van der Waals surface area (Å²) in [6, 6.07) is 87.1. The van der Waals surface area contributed by atoms with E-state index in [-0.39, 0.29) is 0 Å². The van der Waals surface area contributed by atoms with E-state index in [9.17, 15) is 0 Å². The van der Waals surface area contributed by atoms with Gasteiger partial charge >= 0.3 is 0 Å². The van der Waals surface area contributed by atoms with Gasteiger partial charge in [0.25, 0.3) is 0 Å². The molecule has 1 unspecified atom stereocenters. The van der Waals surface area contributed by atoms with Crippen LogP contribution in [0.3, 0.4) is 0 Å². The normalized spacial score (nSPS) is 15.4. The number of benzene rings is 10. The van der Waals surface area contributed by atoms with Crippen molar-refractivity contribution in [3.05, 3.63) is 286 Å². The average Bonchev–Trinajstić information content (AvgIpc) is 4.18. The molecule has 11 aromatic rings. The van der Waals surface area contributed by atoms with Crippen LogP contribution in [0.4, 0.5) is 0 Å². The van der Waals surface area contributed by atoms with Crippen LogP contribution < -0.4 is 0 Å². The third kappa shape index (κ3) is 5.31. The van der Waals surface area contributed by atoms with Gasteiger partial charge in [-0.2, -0.15) is 0 Å². The lowest BCUT2D eigenvalue weighted by atomic mass is 9.69. The minimum Gasteiger partial charge on any atom is -0.135 e. The Kier molecular flexibility index (Phi) is 8.09. The third-order valence-electron chi connectivity index (χ3n) is 15.7. The molecule has 0 aliphatic heterocycles. The van der Waals surface area contributed by atoms with Crippen LogP contribution >= 0.6 is 11.3 Å². The van der Waals surface area contributed by atoms with Crippen LogP contribution in [-0.2, 0) is 11.8 Å². The topological polar surface area (TPSA) is 0 Å². The second-order valence-electron chi connectivity index (χ2n) is 19.0. The molecular weight excluding hydrogens is 837 g/mol. The summed E-state index contributed by atoms with van der Waals surface area (Å²) in [6.45, 7) is 0. The molecule has 4 aliphatic rings. The zero-order chi connectivity index (χ0) is 44.5. The Labute approximate surface area is 400 Å². The fourth-order valence-electron chi connectivity index (χ4n) is 12.7. The summed E-state index contributed by atoms with van der Waals surface area (Å²) in [5, 5.41) is 1.35. The highest BCUT2D eigenvalue weighted by Crippen LogP contribution is 2.66. The quantitative estimate of drug-likeness (QED) is 0.162. The first-order valence-corrected chi connectivity index (χ1v) is 24.7. The van der Waals surface area contributed by atoms with Crippen molar-refractivity contribution < 1.29 is 0 Å². The van der Waals surface area contributed by atoms with E-state index in [1.54, 1.807) is 0 Å². The maximum Gasteiger partial charge on any atom is 0.0740 e. The predicted molar refractivity (Wildman–Crippen MR) is 285 cm³/mol. The van der Waals surface area contributed by atoms with Crippen molar-refractivity contribution in [3.63, 3.8) is 0 Å². The number of thiophene rings is 1. The lowest BCUT2D eigenvalue weighted by Crippen LogP contribution is -2.26. The molecule has 1 heterocycles. The first kappa shape index (κ1) is 38.1. The SMILES string of the molecule is C(=C1c2ccccc2-c2ccccc21)c1ccc(-c2ccc3c(c2)C2(c4ccccc4-c4ccc(-c5ccc(CC6c7ccccc7-c7ccccc76)cc5)cc42)c2c-3sc3ccccc23)cc1. The number of hydrogen-bond donors (Lipinski definition) is 0. The maximum absolute atomic E-state index is 2.54. The molecule has 0 saturated heterocycles. The van der Waals surface area contributed by atoms with Crippen molar-refractivity contribution in [2.75, 3.05) is 0 Å². The number of fused-ring (bicyclic) bond motifs is 18. The Morgan fingerprint density at radius 1 is 0.382 bits per heavy atom. The van der Waals surface area contributed by atoms with Crippen LogP contribution in [0.2, 0.25) is 0 Å². The van der Waals surface area contributed by atoms with Gasteiger partial charge in [-0.05, 0) is 158 Å². The highest BCUT2D eigenvalue weighted by atomic mass is 32.1. The van der Waals surface area contributed by atoms with Crippen molar-refractivity contribution in [3.8, 4) is 66.1 Å². The van der Waals surface area contributed by atoms with E-state index in [0.717, 1.165) is 6.42 Å². The first-order valence-electron chi connectivity index (χ1n) is 23.9. The standard InChI is InChI=1S/C67H42S/c1-5-17-51-47(13-1)48-14-2-6-18-52(48)59(51)37-41-25-29-43(30-26-41)45-33-35-56-55-21-9-11-23-61(55)67(62(56)39-45)63-40-46(34-36-57(63)66-65(67)58-22-10-12-24-64(58)68-66)44-31-27-42(28-32-44)38-60-53-19-7-3-15-49(53)50-16-4-8-20-54(50)60/h1-36,38-40,59H,37H2. The van der Waals surface area contributed by atoms with Crippen LogP contribution in [0.5, 0.6) is 0 Å². The Bertz CT molecular complexity index is 3840. The zero-order valence-corrected chi connectivity index (χ0v) is 38.0. The lowest BCUT2D eigenvalue weighted by molar-refractivity contribution is 0.803. The molecule has 0 saturated carbocycles. The molecule has 10 aromatic carbocycles. The van der Waals surface area contributed by atoms with Crippen molar-refractivity contribution in [2.45, 2.75) is 17.8 Å². The maximum atomic E-state index is 2.54. The van der Waals surface area contributed by atoms with Crippen LogP contribution in [0, 0.1) is 0 Å². The van der Waals surface area contributed by atoms with Crippen LogP contribution in [0.15, 0.2) is 231 Å². The van der Waals surface area contributed by atoms with E-state index in [2.05, 4.69) is 237 Å². The smallest absolute Gasteiger partial charge is 0.0740 e. The molecular formula is C67H42S. The van der Waals surface area contributed by atoms with E-state index in [4.69, 9.17) is 0 Å². The second kappa shape index (κ2) is 14.4. The molecule has 68 heavy (non-hydrogen) atoms. The molecule has 1 spiro atoms. The molecule has 1 aromatic heterocycles. The van der Waals surface area contributed by atoms with Gasteiger partial charge in [0.1, 0.15) is 0 Å². The van der Waals surface area contributed by atoms with Gasteiger partial charge in [0.15, 0.2) is 0 Å². The lowest BCUT2D eigenvalue weighted by Gasteiger charge is -2.31. The fourth-order valence-corrected chi connectivity index (χ4v) is 14.0. The number of rotatable bonds is 5. The highest BCUT2D eigenvalue weighted by Gasteiger charge is 2.53. The van der Waals surface area contributed by atoms with Gasteiger partial charge in [0.05, 0.1) is 5.41 Å². The van der Waals surface area contributed by atoms with E-state index < -0.39 is 5.41 Å². The van der Waals surface area contributed by atoms with Gasteiger partial charge in [-0.15, -0.1) is 11.3 Å². The van der Waals surface area contributed by atoms with Crippen molar-refractivity contribution in [1.29, 1.82) is 0 Å². The first-order chi connectivity index (χ1) is 33.7. The van der Waals surface area contributed by atoms with Gasteiger partial charge in [0.2, 0.25) is 0 Å². The Morgan fingerprint density at radius 2 is 0.868 bits per heavy atom. The molecule has 1 atom stereocenters. The summed E-state index contributed by atoms with van der Waals surface area (Å²) in [5.41, 5.74) is 28.8. The van der Waals surface area contributed by atoms with E-state index in [1.807, 2.05) is 11.3 Å². The summed E-state index contributed by atoms with van der Waals surface area (Å²) in [7, 11) is 0. The highest BCUT2D eigenvalue weighted by molar-refractivity contribution is 7.22. The molecule has 316 valence electrons. The fraction of sp³-hybridized carbons (Fsp3) is 0.0448. The molecule has 0 bridgehead atoms. The summed E-state index contributed by atoms with van der Waals surface area (Å²) in [5.74, 6) is 0.358. The van der Waals surface area contributed by atoms with Crippen LogP contribution in [0.25, 0.3) is 87.8 Å². The van der Waals surface area contributed by atoms with Crippen LogP contribution in [0.1, 0.15) is 61.6 Å². The monoisotopic (exact) mass is 878 g/mol. The molecule has 15 rings (SSSR count). The minimum atomic E-state index is -0.473. The minimum absolute atomic E-state index is 0.358. The van der Waals surface area contributed by atoms with Crippen molar-refractivity contribution in [2.24, 2.45) is 0 Å². The van der Waals surface area contributed by atoms with E-state index >= 15 is 0 Å². The Morgan fingerprint density at radius 3 is 1.53 bits per heavy atom. The second-order valence-corrected chi connectivity index (χ2v) is 20.1.